The minimum absolute atomic E-state index is 0.0125. The lowest BCUT2D eigenvalue weighted by Crippen LogP contribution is -2.45. The van der Waals surface area contributed by atoms with E-state index in [4.69, 9.17) is 5.73 Å². The van der Waals surface area contributed by atoms with E-state index in [1.165, 1.54) is 17.5 Å². The average Bonchev–Trinajstić information content (AvgIpc) is 2.87. The van der Waals surface area contributed by atoms with Crippen LogP contribution in [0.3, 0.4) is 0 Å². The lowest BCUT2D eigenvalue weighted by atomic mass is 10.1. The molecule has 6 nitrogen and oxygen atoms in total. The molecular formula is C11H16N2O4S2. The third kappa shape index (κ3) is 2.81. The molecule has 1 aliphatic rings. The van der Waals surface area contributed by atoms with Crippen LogP contribution in [0.25, 0.3) is 0 Å². The first-order valence-corrected chi connectivity index (χ1v) is 8.20. The van der Waals surface area contributed by atoms with Gasteiger partial charge in [-0.3, -0.25) is 0 Å². The van der Waals surface area contributed by atoms with Crippen molar-refractivity contribution in [3.63, 3.8) is 0 Å². The van der Waals surface area contributed by atoms with Crippen LogP contribution >= 0.6 is 11.3 Å². The van der Waals surface area contributed by atoms with E-state index in [2.05, 4.69) is 4.74 Å². The van der Waals surface area contributed by atoms with Crippen LogP contribution in [0.15, 0.2) is 16.3 Å². The Kier molecular flexibility index (Phi) is 4.24. The maximum Gasteiger partial charge on any atom is 0.349 e. The summed E-state index contributed by atoms with van der Waals surface area (Å²) in [4.78, 5) is 11.7. The van der Waals surface area contributed by atoms with E-state index in [9.17, 15) is 13.2 Å². The maximum absolute atomic E-state index is 12.5. The Morgan fingerprint density at radius 3 is 2.95 bits per heavy atom. The molecule has 8 heteroatoms. The minimum Gasteiger partial charge on any atom is -0.465 e. The first kappa shape index (κ1) is 14.4. The van der Waals surface area contributed by atoms with Gasteiger partial charge in [0.2, 0.25) is 10.0 Å². The summed E-state index contributed by atoms with van der Waals surface area (Å²) < 4.78 is 31.0. The van der Waals surface area contributed by atoms with Crippen LogP contribution < -0.4 is 5.73 Å². The van der Waals surface area contributed by atoms with Gasteiger partial charge in [-0.05, 0) is 24.3 Å². The lowest BCUT2D eigenvalue weighted by Gasteiger charge is -2.29. The van der Waals surface area contributed by atoms with E-state index in [0.717, 1.165) is 24.2 Å². The normalized spacial score (nSPS) is 21.3. The van der Waals surface area contributed by atoms with E-state index in [1.54, 1.807) is 5.38 Å². The van der Waals surface area contributed by atoms with Crippen LogP contribution in [0, 0.1) is 0 Å². The fourth-order valence-corrected chi connectivity index (χ4v) is 4.92. The molecule has 106 valence electrons. The van der Waals surface area contributed by atoms with E-state index < -0.39 is 16.0 Å². The van der Waals surface area contributed by atoms with Crippen molar-refractivity contribution < 1.29 is 17.9 Å². The quantitative estimate of drug-likeness (QED) is 0.828. The molecule has 0 aromatic carbocycles. The lowest BCUT2D eigenvalue weighted by molar-refractivity contribution is 0.0602. The molecule has 1 fully saturated rings. The van der Waals surface area contributed by atoms with Gasteiger partial charge in [-0.2, -0.15) is 4.31 Å². The summed E-state index contributed by atoms with van der Waals surface area (Å²) in [5.41, 5.74) is 5.80. The smallest absolute Gasteiger partial charge is 0.349 e. The summed E-state index contributed by atoms with van der Waals surface area (Å²) in [7, 11) is -2.44. The number of carbonyl (C=O) groups excluding carboxylic acids is 1. The molecule has 0 saturated carbocycles. The number of carbonyl (C=O) groups is 1. The molecule has 1 atom stereocenters. The summed E-state index contributed by atoms with van der Waals surface area (Å²) >= 11 is 1.06. The molecule has 2 heterocycles. The highest BCUT2D eigenvalue weighted by atomic mass is 32.2. The van der Waals surface area contributed by atoms with Crippen molar-refractivity contribution in [3.8, 4) is 0 Å². The number of piperidine rings is 1. The Bertz CT molecular complexity index is 567. The molecule has 1 unspecified atom stereocenters. The summed E-state index contributed by atoms with van der Waals surface area (Å²) in [5, 5.41) is 1.57. The number of methoxy groups -OCH3 is 1. The number of hydrogen-bond donors (Lipinski definition) is 1. The van der Waals surface area contributed by atoms with Crippen molar-refractivity contribution in [3.05, 3.63) is 16.3 Å². The van der Waals surface area contributed by atoms with Crippen LogP contribution in [0.2, 0.25) is 0 Å². The van der Waals surface area contributed by atoms with Gasteiger partial charge in [0, 0.05) is 19.1 Å². The molecular weight excluding hydrogens is 288 g/mol. The molecule has 0 radical (unpaired) electrons. The van der Waals surface area contributed by atoms with Gasteiger partial charge in [-0.25, -0.2) is 13.2 Å². The summed E-state index contributed by atoms with van der Waals surface area (Å²) in [5.74, 6) is -0.630. The highest BCUT2D eigenvalue weighted by Crippen LogP contribution is 2.27. The second-order valence-electron chi connectivity index (χ2n) is 4.37. The molecule has 0 aliphatic carbocycles. The zero-order valence-corrected chi connectivity index (χ0v) is 12.2. The van der Waals surface area contributed by atoms with Gasteiger partial charge < -0.3 is 10.5 Å². The molecule has 0 spiro atoms. The zero-order chi connectivity index (χ0) is 14.0. The van der Waals surface area contributed by atoms with E-state index >= 15 is 0 Å². The number of sulfonamides is 1. The first-order valence-electron chi connectivity index (χ1n) is 5.88. The maximum atomic E-state index is 12.5. The van der Waals surface area contributed by atoms with Crippen LogP contribution in [0.4, 0.5) is 0 Å². The van der Waals surface area contributed by atoms with Crippen LogP contribution in [-0.2, 0) is 14.8 Å². The van der Waals surface area contributed by atoms with Gasteiger partial charge in [0.25, 0.3) is 0 Å². The fraction of sp³-hybridized carbons (Fsp3) is 0.545. The number of hydrogen-bond acceptors (Lipinski definition) is 6. The third-order valence-electron chi connectivity index (χ3n) is 3.04. The van der Waals surface area contributed by atoms with E-state index in [0.29, 0.717) is 13.1 Å². The molecule has 1 aromatic rings. The first-order chi connectivity index (χ1) is 8.96. The Balaban J connectivity index is 2.34. The van der Waals surface area contributed by atoms with Crippen LogP contribution in [0.5, 0.6) is 0 Å². The highest BCUT2D eigenvalue weighted by molar-refractivity contribution is 7.89. The minimum atomic E-state index is -3.67. The second kappa shape index (κ2) is 5.58. The van der Waals surface area contributed by atoms with Gasteiger partial charge in [-0.15, -0.1) is 11.3 Å². The monoisotopic (exact) mass is 304 g/mol. The van der Waals surface area contributed by atoms with Gasteiger partial charge in [0.1, 0.15) is 9.77 Å². The summed E-state index contributed by atoms with van der Waals surface area (Å²) in [6.07, 6.45) is 1.55. The average molecular weight is 304 g/mol. The largest absolute Gasteiger partial charge is 0.465 e. The van der Waals surface area contributed by atoms with Gasteiger partial charge in [-0.1, -0.05) is 0 Å². The Labute approximate surface area is 116 Å². The zero-order valence-electron chi connectivity index (χ0n) is 10.5. The Morgan fingerprint density at radius 2 is 2.32 bits per heavy atom. The van der Waals surface area contributed by atoms with Crippen molar-refractivity contribution in [1.29, 1.82) is 0 Å². The molecule has 1 aliphatic heterocycles. The highest BCUT2D eigenvalue weighted by Gasteiger charge is 2.33. The van der Waals surface area contributed by atoms with Gasteiger partial charge in [0.05, 0.1) is 7.11 Å². The van der Waals surface area contributed by atoms with Crippen molar-refractivity contribution in [1.82, 2.24) is 4.31 Å². The predicted molar refractivity (Wildman–Crippen MR) is 71.6 cm³/mol. The topological polar surface area (TPSA) is 89.7 Å². The Morgan fingerprint density at radius 1 is 1.58 bits per heavy atom. The predicted octanol–water partition coefficient (Wildman–Crippen LogP) is 0.647. The summed E-state index contributed by atoms with van der Waals surface area (Å²) in [6.45, 7) is 0.727. The van der Waals surface area contributed by atoms with Crippen molar-refractivity contribution in [2.75, 3.05) is 20.2 Å². The van der Waals surface area contributed by atoms with Crippen LogP contribution in [-0.4, -0.2) is 44.9 Å². The van der Waals surface area contributed by atoms with Crippen molar-refractivity contribution in [2.24, 2.45) is 5.73 Å². The van der Waals surface area contributed by atoms with Crippen LogP contribution in [0.1, 0.15) is 22.5 Å². The Hall–Kier alpha value is -0.960. The van der Waals surface area contributed by atoms with Crippen molar-refractivity contribution >= 4 is 27.3 Å². The third-order valence-corrected chi connectivity index (χ3v) is 5.97. The molecule has 19 heavy (non-hydrogen) atoms. The second-order valence-corrected chi connectivity index (χ2v) is 7.19. The van der Waals surface area contributed by atoms with Gasteiger partial charge in [0.15, 0.2) is 0 Å². The molecule has 0 amide bonds. The number of nitrogens with zero attached hydrogens (tertiary/aromatic N) is 1. The number of thiophene rings is 1. The molecule has 1 saturated heterocycles. The van der Waals surface area contributed by atoms with Gasteiger partial charge >= 0.3 is 5.97 Å². The molecule has 2 rings (SSSR count). The SMILES string of the molecule is COC(=O)c1sccc1S(=O)(=O)N1CCCC(N)C1. The molecule has 0 bridgehead atoms. The summed E-state index contributed by atoms with van der Waals surface area (Å²) in [6, 6.07) is 1.29. The number of ether oxygens (including phenoxy) is 1. The van der Waals surface area contributed by atoms with Crippen molar-refractivity contribution in [2.45, 2.75) is 23.8 Å². The number of esters is 1. The number of nitrogens with two attached hydrogens (primary N) is 1. The standard InChI is InChI=1S/C11H16N2O4S2/c1-17-11(14)10-9(4-6-18-10)19(15,16)13-5-2-3-8(12)7-13/h4,6,8H,2-3,5,7,12H2,1H3. The number of rotatable bonds is 3. The fourth-order valence-electron chi connectivity index (χ4n) is 2.07. The molecule has 2 N–H and O–H groups in total. The molecule has 1 aromatic heterocycles. The van der Waals surface area contributed by atoms with E-state index in [1.807, 2.05) is 0 Å². The van der Waals surface area contributed by atoms with E-state index in [-0.39, 0.29) is 15.8 Å².